The Morgan fingerprint density at radius 2 is 1.77 bits per heavy atom. The number of ether oxygens (including phenoxy) is 2. The second-order valence-corrected chi connectivity index (χ2v) is 9.83. The molecule has 0 spiro atoms. The summed E-state index contributed by atoms with van der Waals surface area (Å²) in [4.78, 5) is 38.1. The number of benzene rings is 2. The first-order chi connectivity index (χ1) is 17.0. The lowest BCUT2D eigenvalue weighted by Crippen LogP contribution is -2.48. The summed E-state index contributed by atoms with van der Waals surface area (Å²) in [6, 6.07) is 15.9. The van der Waals surface area contributed by atoms with Crippen molar-refractivity contribution in [3.8, 4) is 11.1 Å². The van der Waals surface area contributed by atoms with Gasteiger partial charge in [0.1, 0.15) is 6.61 Å². The molecule has 1 fully saturated rings. The lowest BCUT2D eigenvalue weighted by Gasteiger charge is -2.35. The van der Waals surface area contributed by atoms with Crippen LogP contribution in [0, 0.1) is 0 Å². The smallest absolute Gasteiger partial charge is 0.407 e. The molecule has 2 unspecified atom stereocenters. The molecule has 0 saturated carbocycles. The van der Waals surface area contributed by atoms with Crippen molar-refractivity contribution in [2.45, 2.75) is 30.9 Å². The maximum Gasteiger partial charge on any atom is 0.407 e. The van der Waals surface area contributed by atoms with Crippen molar-refractivity contribution < 1.29 is 29.0 Å². The Morgan fingerprint density at radius 3 is 2.40 bits per heavy atom. The van der Waals surface area contributed by atoms with Crippen LogP contribution in [0.2, 0.25) is 0 Å². The lowest BCUT2D eigenvalue weighted by atomic mass is 9.98. The highest BCUT2D eigenvalue weighted by molar-refractivity contribution is 7.99. The zero-order valence-electron chi connectivity index (χ0n) is 19.6. The molecule has 1 saturated heterocycles. The molecular weight excluding hydrogens is 468 g/mol. The van der Waals surface area contributed by atoms with Crippen LogP contribution in [-0.4, -0.2) is 78.4 Å². The molecule has 9 heteroatoms. The molecule has 0 aromatic heterocycles. The van der Waals surface area contributed by atoms with E-state index in [0.717, 1.165) is 28.0 Å². The number of carboxylic acid groups (broad SMARTS) is 1. The van der Waals surface area contributed by atoms with E-state index in [0.29, 0.717) is 12.3 Å². The standard InChI is InChI=1S/C26H30N2O6S/c1-33-18(13-24(29)28-10-11-35-16-17(28)12-25(30)31)14-27-26(32)34-15-23-21-8-4-2-6-19(21)20-7-3-5-9-22(20)23/h2-9,17-18,23H,10-16H2,1H3,(H,27,32)(H,30,31). The average Bonchev–Trinajstić information content (AvgIpc) is 3.18. The third kappa shape index (κ3) is 5.97. The summed E-state index contributed by atoms with van der Waals surface area (Å²) in [5.74, 6) is 0.259. The molecule has 1 aliphatic carbocycles. The second-order valence-electron chi connectivity index (χ2n) is 8.68. The number of carbonyl (C=O) groups is 3. The van der Waals surface area contributed by atoms with E-state index in [1.165, 1.54) is 7.11 Å². The maximum atomic E-state index is 12.8. The van der Waals surface area contributed by atoms with E-state index in [9.17, 15) is 14.4 Å². The minimum absolute atomic E-state index is 0.0314. The normalized spacial score (nSPS) is 17.9. The zero-order valence-corrected chi connectivity index (χ0v) is 20.5. The van der Waals surface area contributed by atoms with Gasteiger partial charge in [0.15, 0.2) is 0 Å². The van der Waals surface area contributed by atoms with Gasteiger partial charge in [0.25, 0.3) is 0 Å². The number of rotatable bonds is 9. The summed E-state index contributed by atoms with van der Waals surface area (Å²) in [7, 11) is 1.48. The summed E-state index contributed by atoms with van der Waals surface area (Å²) in [6.45, 7) is 0.835. The van der Waals surface area contributed by atoms with Crippen molar-refractivity contribution in [3.05, 3.63) is 59.7 Å². The molecule has 2 atom stereocenters. The van der Waals surface area contributed by atoms with E-state index in [1.54, 1.807) is 16.7 Å². The Balaban J connectivity index is 1.29. The topological polar surface area (TPSA) is 105 Å². The molecule has 8 nitrogen and oxygen atoms in total. The fourth-order valence-electron chi connectivity index (χ4n) is 4.75. The van der Waals surface area contributed by atoms with Gasteiger partial charge in [-0.05, 0) is 22.3 Å². The summed E-state index contributed by atoms with van der Waals surface area (Å²) >= 11 is 1.65. The van der Waals surface area contributed by atoms with Crippen LogP contribution in [-0.2, 0) is 19.1 Å². The molecule has 35 heavy (non-hydrogen) atoms. The predicted molar refractivity (Wildman–Crippen MR) is 134 cm³/mol. The number of amides is 2. The number of carbonyl (C=O) groups excluding carboxylic acids is 2. The molecular formula is C26H30N2O6S. The van der Waals surface area contributed by atoms with Gasteiger partial charge in [0.2, 0.25) is 5.91 Å². The monoisotopic (exact) mass is 498 g/mol. The molecule has 1 heterocycles. The Morgan fingerprint density at radius 1 is 1.11 bits per heavy atom. The fraction of sp³-hybridized carbons (Fsp3) is 0.423. The number of carboxylic acids is 1. The van der Waals surface area contributed by atoms with E-state index >= 15 is 0 Å². The van der Waals surface area contributed by atoms with Gasteiger partial charge in [0, 0.05) is 37.6 Å². The van der Waals surface area contributed by atoms with Crippen LogP contribution in [0.5, 0.6) is 0 Å². The van der Waals surface area contributed by atoms with Crippen LogP contribution >= 0.6 is 11.8 Å². The minimum atomic E-state index is -0.921. The quantitative estimate of drug-likeness (QED) is 0.546. The highest BCUT2D eigenvalue weighted by atomic mass is 32.2. The summed E-state index contributed by atoms with van der Waals surface area (Å²) in [5.41, 5.74) is 4.59. The number of hydrogen-bond acceptors (Lipinski definition) is 6. The van der Waals surface area contributed by atoms with Gasteiger partial charge < -0.3 is 24.8 Å². The molecule has 2 aliphatic rings. The molecule has 0 bridgehead atoms. The van der Waals surface area contributed by atoms with Gasteiger partial charge in [-0.3, -0.25) is 9.59 Å². The van der Waals surface area contributed by atoms with Crippen molar-refractivity contribution in [3.63, 3.8) is 0 Å². The largest absolute Gasteiger partial charge is 0.481 e. The molecule has 186 valence electrons. The lowest BCUT2D eigenvalue weighted by molar-refractivity contribution is -0.141. The van der Waals surface area contributed by atoms with E-state index in [2.05, 4.69) is 29.6 Å². The highest BCUT2D eigenvalue weighted by Gasteiger charge is 2.31. The number of alkyl carbamates (subject to hydrolysis) is 1. The summed E-state index contributed by atoms with van der Waals surface area (Å²) in [5, 5.41) is 11.8. The Bertz CT molecular complexity index is 1030. The number of thioether (sulfide) groups is 1. The van der Waals surface area contributed by atoms with Crippen LogP contribution < -0.4 is 5.32 Å². The van der Waals surface area contributed by atoms with E-state index < -0.39 is 18.2 Å². The molecule has 1 aliphatic heterocycles. The summed E-state index contributed by atoms with van der Waals surface area (Å²) < 4.78 is 11.0. The van der Waals surface area contributed by atoms with Crippen LogP contribution in [0.4, 0.5) is 4.79 Å². The minimum Gasteiger partial charge on any atom is -0.481 e. The number of nitrogens with zero attached hydrogens (tertiary/aromatic N) is 1. The molecule has 2 aromatic rings. The van der Waals surface area contributed by atoms with Crippen molar-refractivity contribution in [1.82, 2.24) is 10.2 Å². The number of fused-ring (bicyclic) bond motifs is 3. The van der Waals surface area contributed by atoms with Gasteiger partial charge in [-0.2, -0.15) is 11.8 Å². The SMILES string of the molecule is COC(CNC(=O)OCC1c2ccccc2-c2ccccc21)CC(=O)N1CCSCC1CC(=O)O. The van der Waals surface area contributed by atoms with Crippen molar-refractivity contribution in [1.29, 1.82) is 0 Å². The molecule has 2 amide bonds. The van der Waals surface area contributed by atoms with Gasteiger partial charge in [0.05, 0.1) is 25.0 Å². The fourth-order valence-corrected chi connectivity index (χ4v) is 5.81. The average molecular weight is 499 g/mol. The highest BCUT2D eigenvalue weighted by Crippen LogP contribution is 2.44. The second kappa shape index (κ2) is 11.6. The van der Waals surface area contributed by atoms with Crippen molar-refractivity contribution in [2.24, 2.45) is 0 Å². The van der Waals surface area contributed by atoms with Gasteiger partial charge in [-0.1, -0.05) is 48.5 Å². The van der Waals surface area contributed by atoms with Crippen LogP contribution in [0.25, 0.3) is 11.1 Å². The van der Waals surface area contributed by atoms with Gasteiger partial charge in [-0.25, -0.2) is 4.79 Å². The Labute approximate surface area is 209 Å². The van der Waals surface area contributed by atoms with Crippen molar-refractivity contribution >= 4 is 29.7 Å². The van der Waals surface area contributed by atoms with Crippen molar-refractivity contribution in [2.75, 3.05) is 38.3 Å². The zero-order chi connectivity index (χ0) is 24.8. The van der Waals surface area contributed by atoms with Gasteiger partial charge >= 0.3 is 12.1 Å². The molecule has 0 radical (unpaired) electrons. The van der Waals surface area contributed by atoms with Gasteiger partial charge in [-0.15, -0.1) is 0 Å². The van der Waals surface area contributed by atoms with Crippen LogP contribution in [0.15, 0.2) is 48.5 Å². The first-order valence-corrected chi connectivity index (χ1v) is 12.8. The number of hydrogen-bond donors (Lipinski definition) is 2. The third-order valence-electron chi connectivity index (χ3n) is 6.51. The predicted octanol–water partition coefficient (Wildman–Crippen LogP) is 3.35. The third-order valence-corrected chi connectivity index (χ3v) is 7.60. The van der Waals surface area contributed by atoms with Crippen LogP contribution in [0.3, 0.4) is 0 Å². The summed E-state index contributed by atoms with van der Waals surface area (Å²) in [6.07, 6.45) is -1.13. The van der Waals surface area contributed by atoms with E-state index in [1.807, 2.05) is 24.3 Å². The first kappa shape index (κ1) is 25.1. The number of nitrogens with one attached hydrogen (secondary N) is 1. The van der Waals surface area contributed by atoms with E-state index in [4.69, 9.17) is 14.6 Å². The number of methoxy groups -OCH3 is 1. The molecule has 4 rings (SSSR count). The van der Waals surface area contributed by atoms with E-state index in [-0.39, 0.29) is 43.9 Å². The Hall–Kier alpha value is -3.04. The maximum absolute atomic E-state index is 12.8. The number of aliphatic carboxylic acids is 1. The molecule has 2 N–H and O–H groups in total. The molecule has 2 aromatic carbocycles. The first-order valence-electron chi connectivity index (χ1n) is 11.7. The van der Waals surface area contributed by atoms with Crippen LogP contribution in [0.1, 0.15) is 29.9 Å². The Kier molecular flexibility index (Phi) is 8.30.